The van der Waals surface area contributed by atoms with Crippen LogP contribution in [0.5, 0.6) is 0 Å². The first-order chi connectivity index (χ1) is 9.15. The van der Waals surface area contributed by atoms with Crippen molar-refractivity contribution in [2.24, 2.45) is 0 Å². The Bertz CT molecular complexity index is 413. The van der Waals surface area contributed by atoms with Gasteiger partial charge in [0.2, 0.25) is 0 Å². The molecule has 0 bridgehead atoms. The molecule has 0 saturated carbocycles. The van der Waals surface area contributed by atoms with Crippen LogP contribution >= 0.6 is 0 Å². The molecule has 0 aromatic carbocycles. The van der Waals surface area contributed by atoms with Crippen LogP contribution in [0.2, 0.25) is 0 Å². The van der Waals surface area contributed by atoms with Crippen LogP contribution in [0, 0.1) is 0 Å². The van der Waals surface area contributed by atoms with E-state index < -0.39 is 0 Å². The fraction of sp³-hybridized carbons (Fsp3) is 0.714. The van der Waals surface area contributed by atoms with Crippen LogP contribution in [0.4, 0.5) is 0 Å². The molecule has 0 fully saturated rings. The van der Waals surface area contributed by atoms with Gasteiger partial charge in [-0.2, -0.15) is 5.10 Å². The van der Waals surface area contributed by atoms with Gasteiger partial charge in [-0.05, 0) is 19.8 Å². The van der Waals surface area contributed by atoms with E-state index in [0.717, 1.165) is 29.8 Å². The minimum Gasteiger partial charge on any atom is -0.382 e. The number of methoxy groups -OCH3 is 1. The van der Waals surface area contributed by atoms with E-state index in [1.165, 1.54) is 0 Å². The van der Waals surface area contributed by atoms with E-state index in [2.05, 4.69) is 5.10 Å². The smallest absolute Gasteiger partial charge is 0.163 e. The van der Waals surface area contributed by atoms with Gasteiger partial charge in [0.15, 0.2) is 5.78 Å². The lowest BCUT2D eigenvalue weighted by Gasteiger charge is -2.07. The highest BCUT2D eigenvalue weighted by Gasteiger charge is 2.18. The van der Waals surface area contributed by atoms with Crippen LogP contribution in [-0.2, 0) is 28.9 Å². The van der Waals surface area contributed by atoms with Crippen LogP contribution in [0.1, 0.15) is 42.5 Å². The maximum absolute atomic E-state index is 11.7. The number of carbonyl (C=O) groups is 1. The zero-order valence-electron chi connectivity index (χ0n) is 12.4. The third-order valence-electron chi connectivity index (χ3n) is 3.03. The monoisotopic (exact) mass is 268 g/mol. The van der Waals surface area contributed by atoms with E-state index in [0.29, 0.717) is 26.4 Å². The predicted octanol–water partition coefficient (Wildman–Crippen LogP) is 1.87. The predicted molar refractivity (Wildman–Crippen MR) is 73.7 cm³/mol. The molecule has 5 nitrogen and oxygen atoms in total. The first-order valence-corrected chi connectivity index (χ1v) is 6.81. The average Bonchev–Trinajstić information content (AvgIpc) is 2.76. The van der Waals surface area contributed by atoms with E-state index in [1.807, 2.05) is 18.5 Å². The van der Waals surface area contributed by atoms with E-state index in [-0.39, 0.29) is 5.78 Å². The Morgan fingerprint density at radius 3 is 2.47 bits per heavy atom. The van der Waals surface area contributed by atoms with Crippen molar-refractivity contribution in [3.8, 4) is 0 Å². The number of nitrogens with zero attached hydrogens (tertiary/aromatic N) is 2. The summed E-state index contributed by atoms with van der Waals surface area (Å²) in [5.41, 5.74) is 2.70. The van der Waals surface area contributed by atoms with Crippen LogP contribution in [0.25, 0.3) is 0 Å². The Hall–Kier alpha value is -1.20. The molecule has 0 amide bonds. The molecule has 0 aliphatic carbocycles. The largest absolute Gasteiger partial charge is 0.382 e. The fourth-order valence-corrected chi connectivity index (χ4v) is 2.15. The Morgan fingerprint density at radius 1 is 1.21 bits per heavy atom. The lowest BCUT2D eigenvalue weighted by Crippen LogP contribution is -2.13. The van der Waals surface area contributed by atoms with Crippen LogP contribution in [0.15, 0.2) is 0 Å². The first kappa shape index (κ1) is 15.9. The average molecular weight is 268 g/mol. The highest BCUT2D eigenvalue weighted by Crippen LogP contribution is 2.17. The number of ketones is 1. The summed E-state index contributed by atoms with van der Waals surface area (Å²) in [5.74, 6) is 0.0975. The Kier molecular flexibility index (Phi) is 6.73. The molecule has 0 radical (unpaired) electrons. The van der Waals surface area contributed by atoms with Crippen molar-refractivity contribution >= 4 is 5.78 Å². The van der Waals surface area contributed by atoms with E-state index in [4.69, 9.17) is 9.47 Å². The van der Waals surface area contributed by atoms with Crippen molar-refractivity contribution in [1.82, 2.24) is 9.78 Å². The van der Waals surface area contributed by atoms with Gasteiger partial charge >= 0.3 is 0 Å². The van der Waals surface area contributed by atoms with Gasteiger partial charge in [-0.1, -0.05) is 13.8 Å². The molecule has 0 atom stereocenters. The van der Waals surface area contributed by atoms with Gasteiger partial charge in [0, 0.05) is 12.8 Å². The fourth-order valence-electron chi connectivity index (χ4n) is 2.15. The van der Waals surface area contributed by atoms with Gasteiger partial charge in [0.1, 0.15) is 0 Å². The number of aromatic nitrogens is 2. The summed E-state index contributed by atoms with van der Waals surface area (Å²) in [6.45, 7) is 8.11. The van der Waals surface area contributed by atoms with Gasteiger partial charge in [-0.25, -0.2) is 0 Å². The number of carbonyl (C=O) groups excluding carboxylic acids is 1. The van der Waals surface area contributed by atoms with Gasteiger partial charge in [-0.3, -0.25) is 9.48 Å². The van der Waals surface area contributed by atoms with Crippen molar-refractivity contribution in [2.75, 3.05) is 26.9 Å². The Morgan fingerprint density at radius 2 is 1.95 bits per heavy atom. The molecule has 1 aromatic rings. The second-order valence-corrected chi connectivity index (χ2v) is 4.36. The zero-order valence-corrected chi connectivity index (χ0v) is 12.4. The highest BCUT2D eigenvalue weighted by molar-refractivity contribution is 5.96. The van der Waals surface area contributed by atoms with E-state index in [9.17, 15) is 4.79 Å². The summed E-state index contributed by atoms with van der Waals surface area (Å²) < 4.78 is 12.3. The molecule has 0 aliphatic rings. The minimum absolute atomic E-state index is 0.0975. The second-order valence-electron chi connectivity index (χ2n) is 4.36. The number of aryl methyl sites for hydroxylation is 1. The van der Waals surface area contributed by atoms with Crippen LogP contribution in [0.3, 0.4) is 0 Å². The molecule has 0 unspecified atom stereocenters. The van der Waals surface area contributed by atoms with Crippen LogP contribution in [-0.4, -0.2) is 42.5 Å². The number of rotatable bonds is 9. The van der Waals surface area contributed by atoms with Gasteiger partial charge < -0.3 is 9.47 Å². The molecule has 0 aliphatic heterocycles. The molecule has 5 heteroatoms. The number of hydrogen-bond donors (Lipinski definition) is 0. The second kappa shape index (κ2) is 8.07. The molecule has 0 saturated heterocycles. The lowest BCUT2D eigenvalue weighted by molar-refractivity contribution is 0.0651. The maximum atomic E-state index is 11.7. The van der Waals surface area contributed by atoms with Crippen molar-refractivity contribution < 1.29 is 14.3 Å². The Balaban J connectivity index is 2.74. The molecule has 1 rings (SSSR count). The van der Waals surface area contributed by atoms with Gasteiger partial charge in [-0.15, -0.1) is 0 Å². The minimum atomic E-state index is 0.0975. The standard InChI is InChI=1S/C14H24N2O3/c1-5-12-14(11(3)17)13(6-2)16(15-12)7-8-19-10-9-18-4/h5-10H2,1-4H3. The quantitative estimate of drug-likeness (QED) is 0.507. The first-order valence-electron chi connectivity index (χ1n) is 6.81. The summed E-state index contributed by atoms with van der Waals surface area (Å²) in [4.78, 5) is 11.7. The molecule has 19 heavy (non-hydrogen) atoms. The number of ether oxygens (including phenoxy) is 2. The summed E-state index contributed by atoms with van der Waals surface area (Å²) in [5, 5.41) is 4.52. The molecular weight excluding hydrogens is 244 g/mol. The van der Waals surface area contributed by atoms with Crippen molar-refractivity contribution in [2.45, 2.75) is 40.2 Å². The lowest BCUT2D eigenvalue weighted by atomic mass is 10.1. The normalized spacial score (nSPS) is 10.9. The summed E-state index contributed by atoms with van der Waals surface area (Å²) >= 11 is 0. The SMILES string of the molecule is CCc1nn(CCOCCOC)c(CC)c1C(C)=O. The molecule has 1 heterocycles. The summed E-state index contributed by atoms with van der Waals surface area (Å²) in [6, 6.07) is 0. The van der Waals surface area contributed by atoms with Gasteiger partial charge in [0.25, 0.3) is 0 Å². The summed E-state index contributed by atoms with van der Waals surface area (Å²) in [6.07, 6.45) is 1.58. The van der Waals surface area contributed by atoms with E-state index in [1.54, 1.807) is 14.0 Å². The number of hydrogen-bond acceptors (Lipinski definition) is 4. The molecule has 108 valence electrons. The van der Waals surface area contributed by atoms with E-state index >= 15 is 0 Å². The third kappa shape index (κ3) is 4.14. The van der Waals surface area contributed by atoms with Crippen molar-refractivity contribution in [3.63, 3.8) is 0 Å². The van der Waals surface area contributed by atoms with Crippen molar-refractivity contribution in [3.05, 3.63) is 17.0 Å². The zero-order chi connectivity index (χ0) is 14.3. The van der Waals surface area contributed by atoms with Gasteiger partial charge in [0.05, 0.1) is 37.6 Å². The highest BCUT2D eigenvalue weighted by atomic mass is 16.5. The Labute approximate surface area is 114 Å². The van der Waals surface area contributed by atoms with Crippen molar-refractivity contribution in [1.29, 1.82) is 0 Å². The topological polar surface area (TPSA) is 53.4 Å². The maximum Gasteiger partial charge on any atom is 0.163 e. The summed E-state index contributed by atoms with van der Waals surface area (Å²) in [7, 11) is 1.65. The molecule has 1 aromatic heterocycles. The molecular formula is C14H24N2O3. The molecule has 0 spiro atoms. The third-order valence-corrected chi connectivity index (χ3v) is 3.03. The number of Topliss-reactive ketones (excluding diaryl/α,β-unsaturated/α-hetero) is 1. The molecule has 0 N–H and O–H groups in total. The van der Waals surface area contributed by atoms with Crippen LogP contribution < -0.4 is 0 Å².